The molecule has 27 heavy (non-hydrogen) atoms. The third kappa shape index (κ3) is 3.82. The number of hydrogen-bond donors (Lipinski definition) is 1. The van der Waals surface area contributed by atoms with Crippen molar-refractivity contribution in [2.45, 2.75) is 25.0 Å². The molecule has 0 aliphatic carbocycles. The van der Waals surface area contributed by atoms with Crippen LogP contribution in [-0.4, -0.2) is 48.2 Å². The minimum Gasteiger partial charge on any atom is -0.497 e. The maximum Gasteiger partial charge on any atom is 0.143 e. The molecular formula is C21H24FN3O2. The number of hydrogen-bond acceptors (Lipinski definition) is 4. The van der Waals surface area contributed by atoms with Gasteiger partial charge in [-0.25, -0.2) is 9.37 Å². The van der Waals surface area contributed by atoms with E-state index in [1.807, 2.05) is 24.3 Å². The summed E-state index contributed by atoms with van der Waals surface area (Å²) in [6, 6.07) is 12.5. The summed E-state index contributed by atoms with van der Waals surface area (Å²) < 4.78 is 26.4. The van der Waals surface area contributed by atoms with Crippen molar-refractivity contribution in [3.8, 4) is 5.75 Å². The predicted molar refractivity (Wildman–Crippen MR) is 102 cm³/mol. The second-order valence-corrected chi connectivity index (χ2v) is 7.05. The first kappa shape index (κ1) is 17.9. The lowest BCUT2D eigenvalue weighted by Crippen LogP contribution is -2.35. The van der Waals surface area contributed by atoms with Crippen molar-refractivity contribution in [3.63, 3.8) is 0 Å². The molecule has 6 heteroatoms. The topological polar surface area (TPSA) is 50.4 Å². The van der Waals surface area contributed by atoms with Crippen LogP contribution in [0, 0.1) is 5.82 Å². The molecule has 3 aromatic rings. The molecule has 1 atom stereocenters. The SMILES string of the molecule is COc1ccc(F)c(C(OC2CCN(C)CC2)c2nc3ccccc3[nH]2)c1. The van der Waals surface area contributed by atoms with E-state index in [4.69, 9.17) is 9.47 Å². The second kappa shape index (κ2) is 7.66. The number of fused-ring (bicyclic) bond motifs is 1. The van der Waals surface area contributed by atoms with E-state index in [2.05, 4.69) is 21.9 Å². The largest absolute Gasteiger partial charge is 0.497 e. The monoisotopic (exact) mass is 369 g/mol. The van der Waals surface area contributed by atoms with Crippen LogP contribution in [0.15, 0.2) is 42.5 Å². The first-order valence-electron chi connectivity index (χ1n) is 9.26. The molecule has 1 aliphatic rings. The number of halogens is 1. The number of likely N-dealkylation sites (tertiary alicyclic amines) is 1. The smallest absolute Gasteiger partial charge is 0.143 e. The van der Waals surface area contributed by atoms with Crippen LogP contribution in [0.2, 0.25) is 0 Å². The molecule has 2 heterocycles. The molecule has 142 valence electrons. The zero-order valence-corrected chi connectivity index (χ0v) is 15.6. The molecule has 0 amide bonds. The van der Waals surface area contributed by atoms with Gasteiger partial charge >= 0.3 is 0 Å². The third-order valence-corrected chi connectivity index (χ3v) is 5.14. The molecule has 5 nitrogen and oxygen atoms in total. The number of aromatic amines is 1. The molecule has 0 spiro atoms. The van der Waals surface area contributed by atoms with E-state index in [-0.39, 0.29) is 11.9 Å². The van der Waals surface area contributed by atoms with E-state index in [1.54, 1.807) is 19.2 Å². The highest BCUT2D eigenvalue weighted by molar-refractivity contribution is 5.74. The summed E-state index contributed by atoms with van der Waals surface area (Å²) in [5, 5.41) is 0. The zero-order valence-electron chi connectivity index (χ0n) is 15.6. The Labute approximate surface area is 158 Å². The van der Waals surface area contributed by atoms with Gasteiger partial charge in [-0.2, -0.15) is 0 Å². The van der Waals surface area contributed by atoms with Crippen molar-refractivity contribution in [3.05, 3.63) is 59.7 Å². The Balaban J connectivity index is 1.72. The molecule has 1 unspecified atom stereocenters. The first-order valence-corrected chi connectivity index (χ1v) is 9.26. The lowest BCUT2D eigenvalue weighted by Gasteiger charge is -2.31. The summed E-state index contributed by atoms with van der Waals surface area (Å²) in [4.78, 5) is 10.3. The van der Waals surface area contributed by atoms with Gasteiger partial charge in [0.05, 0.1) is 24.2 Å². The Morgan fingerprint density at radius 3 is 2.70 bits per heavy atom. The van der Waals surface area contributed by atoms with Crippen molar-refractivity contribution in [2.75, 3.05) is 27.2 Å². The van der Waals surface area contributed by atoms with Crippen molar-refractivity contribution in [1.82, 2.24) is 14.9 Å². The van der Waals surface area contributed by atoms with Crippen molar-refractivity contribution in [1.29, 1.82) is 0 Å². The normalized spacial score (nSPS) is 17.3. The van der Waals surface area contributed by atoms with E-state index in [0.29, 0.717) is 17.1 Å². The fraction of sp³-hybridized carbons (Fsp3) is 0.381. The number of rotatable bonds is 5. The first-order chi connectivity index (χ1) is 13.1. The second-order valence-electron chi connectivity index (χ2n) is 7.05. The Morgan fingerprint density at radius 2 is 1.96 bits per heavy atom. The fourth-order valence-electron chi connectivity index (χ4n) is 3.54. The van der Waals surface area contributed by atoms with Gasteiger partial charge in [0.1, 0.15) is 23.5 Å². The molecular weight excluding hydrogens is 345 g/mol. The summed E-state index contributed by atoms with van der Waals surface area (Å²) in [5.41, 5.74) is 2.19. The summed E-state index contributed by atoms with van der Waals surface area (Å²) in [6.45, 7) is 1.94. The maximum absolute atomic E-state index is 14.7. The summed E-state index contributed by atoms with van der Waals surface area (Å²) in [5.74, 6) is 0.885. The standard InChI is InChI=1S/C21H24FN3O2/c1-25-11-9-14(10-12-25)27-20(16-13-15(26-2)7-8-17(16)22)21-23-18-5-3-4-6-19(18)24-21/h3-8,13-14,20H,9-12H2,1-2H3,(H,23,24). The number of nitrogens with one attached hydrogen (secondary N) is 1. The molecule has 2 aromatic carbocycles. The van der Waals surface area contributed by atoms with Crippen molar-refractivity contribution in [2.24, 2.45) is 0 Å². The van der Waals surface area contributed by atoms with Gasteiger partial charge in [0, 0.05) is 18.7 Å². The number of nitrogens with zero attached hydrogens (tertiary/aromatic N) is 2. The molecule has 1 fully saturated rings. The lowest BCUT2D eigenvalue weighted by atomic mass is 10.0. The van der Waals surface area contributed by atoms with Gasteiger partial charge in [-0.15, -0.1) is 0 Å². The minimum atomic E-state index is -0.610. The number of benzene rings is 2. The van der Waals surface area contributed by atoms with Gasteiger partial charge in [-0.3, -0.25) is 0 Å². The van der Waals surface area contributed by atoms with E-state index in [9.17, 15) is 4.39 Å². The number of methoxy groups -OCH3 is 1. The van der Waals surface area contributed by atoms with Gasteiger partial charge in [0.25, 0.3) is 0 Å². The molecule has 1 saturated heterocycles. The highest BCUT2D eigenvalue weighted by Crippen LogP contribution is 2.33. The number of imidazole rings is 1. The molecule has 1 aliphatic heterocycles. The highest BCUT2D eigenvalue weighted by Gasteiger charge is 2.28. The molecule has 4 rings (SSSR count). The Bertz CT molecular complexity index is 886. The molecule has 0 radical (unpaired) electrons. The Morgan fingerprint density at radius 1 is 1.19 bits per heavy atom. The number of ether oxygens (including phenoxy) is 2. The minimum absolute atomic E-state index is 0.0602. The zero-order chi connectivity index (χ0) is 18.8. The molecule has 0 saturated carbocycles. The van der Waals surface area contributed by atoms with Crippen molar-refractivity contribution < 1.29 is 13.9 Å². The molecule has 1 aromatic heterocycles. The third-order valence-electron chi connectivity index (χ3n) is 5.14. The lowest BCUT2D eigenvalue weighted by molar-refractivity contribution is -0.0277. The number of aromatic nitrogens is 2. The van der Waals surface area contributed by atoms with Gasteiger partial charge in [0.2, 0.25) is 0 Å². The molecule has 1 N–H and O–H groups in total. The van der Waals surface area contributed by atoms with Crippen LogP contribution in [0.4, 0.5) is 4.39 Å². The predicted octanol–water partition coefficient (Wildman–Crippen LogP) is 3.91. The van der Waals surface area contributed by atoms with Crippen LogP contribution in [-0.2, 0) is 4.74 Å². The van der Waals surface area contributed by atoms with Gasteiger partial charge in [0.15, 0.2) is 0 Å². The van der Waals surface area contributed by atoms with E-state index in [1.165, 1.54) is 6.07 Å². The Kier molecular flexibility index (Phi) is 5.09. The van der Waals surface area contributed by atoms with E-state index < -0.39 is 6.10 Å². The van der Waals surface area contributed by atoms with Gasteiger partial charge < -0.3 is 19.4 Å². The van der Waals surface area contributed by atoms with E-state index >= 15 is 0 Å². The van der Waals surface area contributed by atoms with Crippen LogP contribution in [0.1, 0.15) is 30.3 Å². The fourth-order valence-corrected chi connectivity index (χ4v) is 3.54. The Hall–Kier alpha value is -2.44. The summed E-state index contributed by atoms with van der Waals surface area (Å²) >= 11 is 0. The summed E-state index contributed by atoms with van der Waals surface area (Å²) in [6.07, 6.45) is 1.28. The van der Waals surface area contributed by atoms with Crippen LogP contribution >= 0.6 is 0 Å². The van der Waals surface area contributed by atoms with Gasteiger partial charge in [-0.05, 0) is 50.2 Å². The quantitative estimate of drug-likeness (QED) is 0.741. The van der Waals surface area contributed by atoms with Crippen molar-refractivity contribution >= 4 is 11.0 Å². The molecule has 0 bridgehead atoms. The highest BCUT2D eigenvalue weighted by atomic mass is 19.1. The van der Waals surface area contributed by atoms with Crippen LogP contribution < -0.4 is 4.74 Å². The van der Waals surface area contributed by atoms with Gasteiger partial charge in [-0.1, -0.05) is 12.1 Å². The summed E-state index contributed by atoms with van der Waals surface area (Å²) in [7, 11) is 3.68. The van der Waals surface area contributed by atoms with Crippen LogP contribution in [0.3, 0.4) is 0 Å². The van der Waals surface area contributed by atoms with Crippen LogP contribution in [0.25, 0.3) is 11.0 Å². The van der Waals surface area contributed by atoms with Crippen LogP contribution in [0.5, 0.6) is 5.75 Å². The number of para-hydroxylation sites is 2. The maximum atomic E-state index is 14.7. The average Bonchev–Trinajstić information content (AvgIpc) is 3.12. The number of H-pyrrole nitrogens is 1. The van der Waals surface area contributed by atoms with E-state index in [0.717, 1.165) is 37.0 Å². The number of piperidine rings is 1. The average molecular weight is 369 g/mol.